The molecule has 3 rings (SSSR count). The third-order valence-electron chi connectivity index (χ3n) is 3.69. The number of para-hydroxylation sites is 1. The van der Waals surface area contributed by atoms with Crippen LogP contribution in [-0.4, -0.2) is 22.3 Å². The molecule has 0 spiro atoms. The number of benzene rings is 1. The minimum atomic E-state index is 0.231. The van der Waals surface area contributed by atoms with E-state index in [1.807, 2.05) is 12.1 Å². The average molecular weight is 256 g/mol. The molecule has 98 valence electrons. The van der Waals surface area contributed by atoms with Gasteiger partial charge in [0.25, 0.3) is 0 Å². The maximum absolute atomic E-state index is 9.13. The zero-order chi connectivity index (χ0) is 13.4. The molecule has 1 aromatic heterocycles. The number of nitriles is 1. The Labute approximate surface area is 111 Å². The predicted molar refractivity (Wildman–Crippen MR) is 72.5 cm³/mol. The first-order valence-electron chi connectivity index (χ1n) is 6.49. The second-order valence-electron chi connectivity index (χ2n) is 4.98. The number of aromatic nitrogens is 2. The van der Waals surface area contributed by atoms with E-state index >= 15 is 0 Å². The number of nitrogens with two attached hydrogens (primary N) is 1. The molecule has 1 aliphatic rings. The van der Waals surface area contributed by atoms with Crippen molar-refractivity contribution in [1.29, 1.82) is 5.26 Å². The molecule has 2 heterocycles. The fourth-order valence-electron chi connectivity index (χ4n) is 2.82. The molecule has 2 aromatic rings. The normalized spacial score (nSPS) is 23.4. The number of ether oxygens (including phenoxy) is 1. The first-order chi connectivity index (χ1) is 9.20. The summed E-state index contributed by atoms with van der Waals surface area (Å²) in [6.07, 6.45) is 2.08. The van der Waals surface area contributed by atoms with Crippen molar-refractivity contribution in [3.63, 3.8) is 0 Å². The van der Waals surface area contributed by atoms with Crippen molar-refractivity contribution in [2.45, 2.75) is 31.9 Å². The van der Waals surface area contributed by atoms with Crippen LogP contribution in [0.2, 0.25) is 0 Å². The lowest BCUT2D eigenvalue weighted by Crippen LogP contribution is -2.26. The summed E-state index contributed by atoms with van der Waals surface area (Å²) in [5.74, 6) is 0.483. The van der Waals surface area contributed by atoms with Gasteiger partial charge in [-0.1, -0.05) is 6.07 Å². The lowest BCUT2D eigenvalue weighted by molar-refractivity contribution is 0.00714. The van der Waals surface area contributed by atoms with Gasteiger partial charge in [-0.25, -0.2) is 4.98 Å². The van der Waals surface area contributed by atoms with Gasteiger partial charge in [0.15, 0.2) is 0 Å². The largest absolute Gasteiger partial charge is 0.378 e. The first-order valence-corrected chi connectivity index (χ1v) is 6.49. The maximum Gasteiger partial charge on any atom is 0.201 e. The third kappa shape index (κ3) is 1.94. The molecule has 0 saturated carbocycles. The van der Waals surface area contributed by atoms with Crippen molar-refractivity contribution < 1.29 is 4.74 Å². The molecule has 0 amide bonds. The summed E-state index contributed by atoms with van der Waals surface area (Å²) in [7, 11) is 0. The van der Waals surface area contributed by atoms with Gasteiger partial charge in [0, 0.05) is 12.6 Å². The Morgan fingerprint density at radius 3 is 3.11 bits per heavy atom. The van der Waals surface area contributed by atoms with Crippen molar-refractivity contribution in [3.8, 4) is 6.07 Å². The van der Waals surface area contributed by atoms with Crippen LogP contribution < -0.4 is 5.73 Å². The molecule has 2 N–H and O–H groups in total. The van der Waals surface area contributed by atoms with Crippen LogP contribution in [0.3, 0.4) is 0 Å². The second kappa shape index (κ2) is 4.56. The monoisotopic (exact) mass is 256 g/mol. The van der Waals surface area contributed by atoms with Gasteiger partial charge in [-0.2, -0.15) is 5.26 Å². The summed E-state index contributed by atoms with van der Waals surface area (Å²) in [5, 5.41) is 9.13. The van der Waals surface area contributed by atoms with Gasteiger partial charge in [-0.3, -0.25) is 0 Å². The van der Waals surface area contributed by atoms with E-state index in [9.17, 15) is 0 Å². The molecule has 0 bridgehead atoms. The SMILES string of the molecule is CC1CC(n2c(N)nc3c(C#N)cccc32)CCO1. The number of imidazole rings is 1. The molecule has 1 fully saturated rings. The fraction of sp³-hybridized carbons (Fsp3) is 0.429. The van der Waals surface area contributed by atoms with E-state index in [1.165, 1.54) is 0 Å². The molecular formula is C14H16N4O. The Hall–Kier alpha value is -2.06. The molecule has 2 atom stereocenters. The molecule has 1 saturated heterocycles. The smallest absolute Gasteiger partial charge is 0.201 e. The number of fused-ring (bicyclic) bond motifs is 1. The number of hydrogen-bond acceptors (Lipinski definition) is 4. The van der Waals surface area contributed by atoms with Crippen molar-refractivity contribution in [3.05, 3.63) is 23.8 Å². The highest BCUT2D eigenvalue weighted by Crippen LogP contribution is 2.32. The van der Waals surface area contributed by atoms with Crippen molar-refractivity contribution >= 4 is 17.0 Å². The van der Waals surface area contributed by atoms with Crippen LogP contribution in [-0.2, 0) is 4.74 Å². The summed E-state index contributed by atoms with van der Waals surface area (Å²) in [4.78, 5) is 4.36. The van der Waals surface area contributed by atoms with Crippen molar-refractivity contribution in [2.75, 3.05) is 12.3 Å². The van der Waals surface area contributed by atoms with Gasteiger partial charge >= 0.3 is 0 Å². The van der Waals surface area contributed by atoms with Gasteiger partial charge in [0.2, 0.25) is 5.95 Å². The summed E-state index contributed by atoms with van der Waals surface area (Å²) in [5.41, 5.74) is 8.26. The van der Waals surface area contributed by atoms with Gasteiger partial charge in [0.05, 0.1) is 17.2 Å². The number of nitrogen functional groups attached to an aromatic ring is 1. The molecular weight excluding hydrogens is 240 g/mol. The van der Waals surface area contributed by atoms with Crippen molar-refractivity contribution in [2.24, 2.45) is 0 Å². The Balaban J connectivity index is 2.13. The van der Waals surface area contributed by atoms with Crippen LogP contribution in [0.25, 0.3) is 11.0 Å². The fourth-order valence-corrected chi connectivity index (χ4v) is 2.82. The van der Waals surface area contributed by atoms with E-state index < -0.39 is 0 Å². The quantitative estimate of drug-likeness (QED) is 0.848. The van der Waals surface area contributed by atoms with E-state index in [4.69, 9.17) is 15.7 Å². The topological polar surface area (TPSA) is 76.9 Å². The Kier molecular flexibility index (Phi) is 2.88. The Bertz CT molecular complexity index is 655. The van der Waals surface area contributed by atoms with Gasteiger partial charge < -0.3 is 15.0 Å². The van der Waals surface area contributed by atoms with E-state index in [0.29, 0.717) is 23.1 Å². The highest BCUT2D eigenvalue weighted by Gasteiger charge is 2.24. The molecule has 1 aromatic carbocycles. The molecule has 1 aliphatic heterocycles. The minimum Gasteiger partial charge on any atom is -0.378 e. The van der Waals surface area contributed by atoms with Crippen LogP contribution in [0, 0.1) is 11.3 Å². The number of hydrogen-bond donors (Lipinski definition) is 1. The zero-order valence-electron chi connectivity index (χ0n) is 10.8. The zero-order valence-corrected chi connectivity index (χ0v) is 10.8. The third-order valence-corrected chi connectivity index (χ3v) is 3.69. The van der Waals surface area contributed by atoms with Crippen molar-refractivity contribution in [1.82, 2.24) is 9.55 Å². The first kappa shape index (κ1) is 12.0. The summed E-state index contributed by atoms with van der Waals surface area (Å²) >= 11 is 0. The molecule has 19 heavy (non-hydrogen) atoms. The molecule has 5 nitrogen and oxygen atoms in total. The van der Waals surface area contributed by atoms with E-state index in [-0.39, 0.29) is 6.10 Å². The molecule has 2 unspecified atom stereocenters. The predicted octanol–water partition coefficient (Wildman–Crippen LogP) is 2.23. The molecule has 0 aliphatic carbocycles. The lowest BCUT2D eigenvalue weighted by atomic mass is 10.0. The number of anilines is 1. The number of rotatable bonds is 1. The van der Waals surface area contributed by atoms with Crippen LogP contribution in [0.15, 0.2) is 18.2 Å². The highest BCUT2D eigenvalue weighted by atomic mass is 16.5. The summed E-state index contributed by atoms with van der Waals surface area (Å²) in [6.45, 7) is 2.81. The number of nitrogens with zero attached hydrogens (tertiary/aromatic N) is 3. The van der Waals surface area contributed by atoms with E-state index in [2.05, 4.69) is 22.5 Å². The second-order valence-corrected chi connectivity index (χ2v) is 4.98. The van der Waals surface area contributed by atoms with E-state index in [0.717, 1.165) is 25.0 Å². The Morgan fingerprint density at radius 2 is 2.37 bits per heavy atom. The Morgan fingerprint density at radius 1 is 1.53 bits per heavy atom. The van der Waals surface area contributed by atoms with Crippen LogP contribution in [0.1, 0.15) is 31.4 Å². The lowest BCUT2D eigenvalue weighted by Gasteiger charge is -2.29. The molecule has 0 radical (unpaired) electrons. The minimum absolute atomic E-state index is 0.231. The maximum atomic E-state index is 9.13. The highest BCUT2D eigenvalue weighted by molar-refractivity contribution is 5.84. The van der Waals surface area contributed by atoms with Crippen LogP contribution in [0.4, 0.5) is 5.95 Å². The van der Waals surface area contributed by atoms with Gasteiger partial charge in [-0.05, 0) is 31.9 Å². The molecule has 5 heteroatoms. The van der Waals surface area contributed by atoms with Gasteiger partial charge in [-0.15, -0.1) is 0 Å². The summed E-state index contributed by atoms with van der Waals surface area (Å²) in [6, 6.07) is 8.08. The average Bonchev–Trinajstić information content (AvgIpc) is 2.74. The van der Waals surface area contributed by atoms with Crippen LogP contribution >= 0.6 is 0 Å². The standard InChI is InChI=1S/C14H16N4O/c1-9-7-11(5-6-19-9)18-12-4-2-3-10(8-15)13(12)17-14(18)16/h2-4,9,11H,5-7H2,1H3,(H2,16,17). The van der Waals surface area contributed by atoms with E-state index in [1.54, 1.807) is 6.07 Å². The summed E-state index contributed by atoms with van der Waals surface area (Å²) < 4.78 is 7.63. The van der Waals surface area contributed by atoms with Crippen LogP contribution in [0.5, 0.6) is 0 Å². The van der Waals surface area contributed by atoms with Gasteiger partial charge in [0.1, 0.15) is 11.6 Å².